The first-order valence-electron chi connectivity index (χ1n) is 9.41. The Morgan fingerprint density at radius 1 is 1.08 bits per heavy atom. The van der Waals surface area contributed by atoms with Gasteiger partial charge in [0.15, 0.2) is 0 Å². The van der Waals surface area contributed by atoms with Crippen LogP contribution in [-0.2, 0) is 4.74 Å². The zero-order valence-corrected chi connectivity index (χ0v) is 14.7. The van der Waals surface area contributed by atoms with Crippen LogP contribution in [0.5, 0.6) is 0 Å². The number of para-hydroxylation sites is 1. The molecule has 6 nitrogen and oxygen atoms in total. The fourth-order valence-corrected chi connectivity index (χ4v) is 3.81. The molecule has 25 heavy (non-hydrogen) atoms. The molecule has 6 heteroatoms. The van der Waals surface area contributed by atoms with Crippen molar-refractivity contribution in [2.45, 2.75) is 31.8 Å². The summed E-state index contributed by atoms with van der Waals surface area (Å²) in [6.07, 6.45) is 5.33. The number of anilines is 2. The van der Waals surface area contributed by atoms with E-state index in [0.29, 0.717) is 5.82 Å². The van der Waals surface area contributed by atoms with Crippen molar-refractivity contribution >= 4 is 22.7 Å². The Kier molecular flexibility index (Phi) is 4.99. The van der Waals surface area contributed by atoms with Gasteiger partial charge in [0.05, 0.1) is 18.2 Å². The van der Waals surface area contributed by atoms with Gasteiger partial charge in [-0.15, -0.1) is 0 Å². The number of rotatable bonds is 5. The zero-order valence-electron chi connectivity index (χ0n) is 14.7. The van der Waals surface area contributed by atoms with E-state index in [9.17, 15) is 0 Å². The van der Waals surface area contributed by atoms with E-state index < -0.39 is 0 Å². The van der Waals surface area contributed by atoms with Crippen LogP contribution < -0.4 is 10.6 Å². The number of benzene rings is 1. The molecule has 3 heterocycles. The minimum Gasteiger partial charge on any atom is -0.383 e. The largest absolute Gasteiger partial charge is 0.383 e. The number of nitrogens with zero attached hydrogens (tertiary/aromatic N) is 4. The average Bonchev–Trinajstić information content (AvgIpc) is 3.12. The molecular weight excluding hydrogens is 314 g/mol. The predicted octanol–water partition coefficient (Wildman–Crippen LogP) is 2.29. The highest BCUT2D eigenvalue weighted by Crippen LogP contribution is 2.24. The molecule has 2 aromatic rings. The summed E-state index contributed by atoms with van der Waals surface area (Å²) in [7, 11) is 0. The number of piperidine rings is 1. The van der Waals surface area contributed by atoms with Crippen LogP contribution >= 0.6 is 0 Å². The van der Waals surface area contributed by atoms with E-state index in [1.54, 1.807) is 0 Å². The topological polar surface area (TPSA) is 67.5 Å². The number of fused-ring (bicyclic) bond motifs is 1. The molecule has 1 aromatic carbocycles. The summed E-state index contributed by atoms with van der Waals surface area (Å²) in [6, 6.07) is 7.89. The van der Waals surface area contributed by atoms with Gasteiger partial charge in [-0.05, 0) is 44.5 Å². The molecule has 0 saturated carbocycles. The summed E-state index contributed by atoms with van der Waals surface area (Å²) in [5.41, 5.74) is 7.01. The van der Waals surface area contributed by atoms with E-state index in [2.05, 4.69) is 19.8 Å². The normalized spacial score (nSPS) is 21.9. The molecular formula is C19H27N5O. The van der Waals surface area contributed by atoms with Crippen molar-refractivity contribution in [3.8, 4) is 0 Å². The van der Waals surface area contributed by atoms with Crippen LogP contribution in [0.1, 0.15) is 25.7 Å². The highest BCUT2D eigenvalue weighted by atomic mass is 16.5. The summed E-state index contributed by atoms with van der Waals surface area (Å²) in [6.45, 7) is 6.09. The maximum absolute atomic E-state index is 6.11. The molecule has 1 atom stereocenters. The van der Waals surface area contributed by atoms with Gasteiger partial charge >= 0.3 is 0 Å². The van der Waals surface area contributed by atoms with E-state index in [1.165, 1.54) is 32.4 Å². The van der Waals surface area contributed by atoms with Gasteiger partial charge in [-0.3, -0.25) is 0 Å². The first-order chi connectivity index (χ1) is 12.3. The van der Waals surface area contributed by atoms with Gasteiger partial charge in [0.2, 0.25) is 5.95 Å². The highest BCUT2D eigenvalue weighted by Gasteiger charge is 2.25. The molecule has 2 aliphatic heterocycles. The Labute approximate surface area is 149 Å². The molecule has 2 saturated heterocycles. The quantitative estimate of drug-likeness (QED) is 0.900. The van der Waals surface area contributed by atoms with Crippen molar-refractivity contribution in [2.75, 3.05) is 50.0 Å². The third-order valence-electron chi connectivity index (χ3n) is 5.26. The van der Waals surface area contributed by atoms with Crippen molar-refractivity contribution in [1.29, 1.82) is 0 Å². The van der Waals surface area contributed by atoms with Crippen molar-refractivity contribution < 1.29 is 4.74 Å². The molecule has 2 N–H and O–H groups in total. The highest BCUT2D eigenvalue weighted by molar-refractivity contribution is 5.88. The van der Waals surface area contributed by atoms with Crippen LogP contribution in [-0.4, -0.2) is 60.3 Å². The molecule has 2 aliphatic rings. The minimum absolute atomic E-state index is 0.265. The summed E-state index contributed by atoms with van der Waals surface area (Å²) >= 11 is 0. The van der Waals surface area contributed by atoms with Crippen molar-refractivity contribution in [2.24, 2.45) is 0 Å². The SMILES string of the molecule is Nc1nc(N2CC[C@H](OCCN3CCCCC3)C2)nc2ccccc12. The number of aromatic nitrogens is 2. The van der Waals surface area contributed by atoms with Crippen molar-refractivity contribution in [3.05, 3.63) is 24.3 Å². The van der Waals surface area contributed by atoms with E-state index in [4.69, 9.17) is 10.5 Å². The third kappa shape index (κ3) is 3.85. The van der Waals surface area contributed by atoms with E-state index in [1.807, 2.05) is 24.3 Å². The number of ether oxygens (including phenoxy) is 1. The smallest absolute Gasteiger partial charge is 0.227 e. The first kappa shape index (κ1) is 16.5. The van der Waals surface area contributed by atoms with Gasteiger partial charge in [0.1, 0.15) is 5.82 Å². The van der Waals surface area contributed by atoms with Crippen LogP contribution in [0.2, 0.25) is 0 Å². The minimum atomic E-state index is 0.265. The zero-order chi connectivity index (χ0) is 17.1. The van der Waals surface area contributed by atoms with Gasteiger partial charge in [-0.1, -0.05) is 18.6 Å². The van der Waals surface area contributed by atoms with Crippen molar-refractivity contribution in [3.63, 3.8) is 0 Å². The lowest BCUT2D eigenvalue weighted by atomic mass is 10.1. The lowest BCUT2D eigenvalue weighted by Gasteiger charge is -2.26. The molecule has 4 rings (SSSR count). The van der Waals surface area contributed by atoms with Gasteiger partial charge in [0.25, 0.3) is 0 Å². The second-order valence-corrected chi connectivity index (χ2v) is 7.06. The van der Waals surface area contributed by atoms with Gasteiger partial charge < -0.3 is 20.3 Å². The van der Waals surface area contributed by atoms with Crippen molar-refractivity contribution in [1.82, 2.24) is 14.9 Å². The predicted molar refractivity (Wildman–Crippen MR) is 101 cm³/mol. The molecule has 0 radical (unpaired) electrons. The Balaban J connectivity index is 1.33. The molecule has 0 aliphatic carbocycles. The molecule has 0 amide bonds. The monoisotopic (exact) mass is 341 g/mol. The van der Waals surface area contributed by atoms with Gasteiger partial charge in [0, 0.05) is 25.0 Å². The average molecular weight is 341 g/mol. The first-order valence-corrected chi connectivity index (χ1v) is 9.41. The van der Waals surface area contributed by atoms with Crippen LogP contribution in [0.15, 0.2) is 24.3 Å². The number of hydrogen-bond acceptors (Lipinski definition) is 6. The second-order valence-electron chi connectivity index (χ2n) is 7.06. The number of hydrogen-bond donors (Lipinski definition) is 1. The summed E-state index contributed by atoms with van der Waals surface area (Å²) in [4.78, 5) is 13.9. The molecule has 1 aromatic heterocycles. The summed E-state index contributed by atoms with van der Waals surface area (Å²) in [5, 5.41) is 0.916. The van der Waals surface area contributed by atoms with Crippen LogP contribution in [0.25, 0.3) is 10.9 Å². The van der Waals surface area contributed by atoms with Gasteiger partial charge in [-0.2, -0.15) is 4.98 Å². The fourth-order valence-electron chi connectivity index (χ4n) is 3.81. The van der Waals surface area contributed by atoms with Crippen LogP contribution in [0, 0.1) is 0 Å². The Bertz CT molecular complexity index is 716. The van der Waals surface area contributed by atoms with E-state index >= 15 is 0 Å². The number of likely N-dealkylation sites (tertiary alicyclic amines) is 1. The lowest BCUT2D eigenvalue weighted by Crippen LogP contribution is -2.34. The second kappa shape index (κ2) is 7.54. The Morgan fingerprint density at radius 2 is 1.92 bits per heavy atom. The molecule has 0 spiro atoms. The Morgan fingerprint density at radius 3 is 2.80 bits per heavy atom. The standard InChI is InChI=1S/C19H27N5O/c20-18-16-6-2-3-7-17(16)21-19(22-18)24-11-8-15(14-24)25-13-12-23-9-4-1-5-10-23/h2-3,6-7,15H,1,4-5,8-14H2,(H2,20,21,22)/t15-/m0/s1. The molecule has 134 valence electrons. The maximum Gasteiger partial charge on any atom is 0.227 e. The maximum atomic E-state index is 6.11. The summed E-state index contributed by atoms with van der Waals surface area (Å²) < 4.78 is 6.11. The van der Waals surface area contributed by atoms with Crippen LogP contribution in [0.3, 0.4) is 0 Å². The molecule has 0 unspecified atom stereocenters. The fraction of sp³-hybridized carbons (Fsp3) is 0.579. The Hall–Kier alpha value is -1.92. The lowest BCUT2D eigenvalue weighted by molar-refractivity contribution is 0.0466. The number of nitrogens with two attached hydrogens (primary N) is 1. The van der Waals surface area contributed by atoms with E-state index in [-0.39, 0.29) is 6.10 Å². The number of nitrogen functional groups attached to an aromatic ring is 1. The van der Waals surface area contributed by atoms with E-state index in [0.717, 1.165) is 49.5 Å². The van der Waals surface area contributed by atoms with Crippen LogP contribution in [0.4, 0.5) is 11.8 Å². The summed E-state index contributed by atoms with van der Waals surface area (Å²) in [5.74, 6) is 1.27. The van der Waals surface area contributed by atoms with Gasteiger partial charge in [-0.25, -0.2) is 4.98 Å². The third-order valence-corrected chi connectivity index (χ3v) is 5.26. The molecule has 2 fully saturated rings. The molecule has 0 bridgehead atoms.